The monoisotopic (exact) mass is 343 g/mol. The van der Waals surface area contributed by atoms with Crippen LogP contribution < -0.4 is 0 Å². The molecule has 2 nitrogen and oxygen atoms in total. The van der Waals surface area contributed by atoms with Crippen LogP contribution in [0.15, 0.2) is 48.5 Å². The lowest BCUT2D eigenvalue weighted by Gasteiger charge is -2.39. The van der Waals surface area contributed by atoms with Crippen LogP contribution in [-0.2, 0) is 0 Å². The number of nitrogens with zero attached hydrogens (tertiary/aromatic N) is 1. The number of halogens is 2. The van der Waals surface area contributed by atoms with Crippen LogP contribution in [0.4, 0.5) is 4.39 Å². The third-order valence-corrected chi connectivity index (χ3v) is 5.65. The van der Waals surface area contributed by atoms with Gasteiger partial charge in [-0.3, -0.25) is 4.79 Å². The lowest BCUT2D eigenvalue weighted by atomic mass is 9.85. The topological polar surface area (TPSA) is 20.3 Å². The molecular weight excluding hydrogens is 325 g/mol. The highest BCUT2D eigenvalue weighted by molar-refractivity contribution is 6.30. The molecule has 0 aliphatic carbocycles. The van der Waals surface area contributed by atoms with Crippen molar-refractivity contribution in [2.24, 2.45) is 0 Å². The number of benzene rings is 2. The van der Waals surface area contributed by atoms with Gasteiger partial charge in [-0.1, -0.05) is 23.7 Å². The highest BCUT2D eigenvalue weighted by Gasteiger charge is 2.43. The van der Waals surface area contributed by atoms with E-state index >= 15 is 0 Å². The highest BCUT2D eigenvalue weighted by atomic mass is 35.5. The first kappa shape index (κ1) is 15.6. The molecule has 2 fully saturated rings. The molecule has 1 amide bonds. The molecule has 2 aromatic rings. The lowest BCUT2D eigenvalue weighted by Crippen LogP contribution is -2.46. The first-order valence-corrected chi connectivity index (χ1v) is 8.83. The van der Waals surface area contributed by atoms with E-state index in [1.54, 1.807) is 24.3 Å². The Labute approximate surface area is 146 Å². The molecule has 0 aromatic heterocycles. The van der Waals surface area contributed by atoms with Crippen molar-refractivity contribution in [1.82, 2.24) is 4.90 Å². The van der Waals surface area contributed by atoms with E-state index in [0.717, 1.165) is 25.7 Å². The predicted molar refractivity (Wildman–Crippen MR) is 92.8 cm³/mol. The van der Waals surface area contributed by atoms with E-state index in [1.165, 1.54) is 17.7 Å². The molecule has 2 aliphatic heterocycles. The minimum atomic E-state index is -0.197. The normalized spacial score (nSPS) is 25.8. The van der Waals surface area contributed by atoms with Gasteiger partial charge in [0.1, 0.15) is 5.82 Å². The Balaban J connectivity index is 1.53. The number of carbonyl (C=O) groups is 1. The molecule has 1 unspecified atom stereocenters. The number of piperidine rings is 1. The SMILES string of the molecule is O=C(c1ccc(Cl)cc1)N1[C@@H]2CC[C@H]1CC(c1ccc(F)cc1)C2. The fourth-order valence-electron chi connectivity index (χ4n) is 4.26. The summed E-state index contributed by atoms with van der Waals surface area (Å²) < 4.78 is 13.1. The summed E-state index contributed by atoms with van der Waals surface area (Å²) in [6, 6.07) is 14.5. The molecule has 3 atom stereocenters. The summed E-state index contributed by atoms with van der Waals surface area (Å²) in [7, 11) is 0. The summed E-state index contributed by atoms with van der Waals surface area (Å²) in [5, 5.41) is 0.643. The van der Waals surface area contributed by atoms with Crippen molar-refractivity contribution in [2.75, 3.05) is 0 Å². The van der Waals surface area contributed by atoms with E-state index < -0.39 is 0 Å². The van der Waals surface area contributed by atoms with Gasteiger partial charge in [0.05, 0.1) is 0 Å². The molecule has 2 bridgehead atoms. The Hall–Kier alpha value is -1.87. The molecule has 24 heavy (non-hydrogen) atoms. The summed E-state index contributed by atoms with van der Waals surface area (Å²) in [6.45, 7) is 0. The van der Waals surface area contributed by atoms with Gasteiger partial charge >= 0.3 is 0 Å². The first-order chi connectivity index (χ1) is 11.6. The van der Waals surface area contributed by atoms with Crippen molar-refractivity contribution in [3.05, 3.63) is 70.5 Å². The van der Waals surface area contributed by atoms with Gasteiger partial charge in [-0.05, 0) is 73.6 Å². The number of carbonyl (C=O) groups excluding carboxylic acids is 1. The van der Waals surface area contributed by atoms with Crippen molar-refractivity contribution in [3.63, 3.8) is 0 Å². The van der Waals surface area contributed by atoms with Crippen LogP contribution in [-0.4, -0.2) is 22.9 Å². The molecule has 2 saturated heterocycles. The third-order valence-electron chi connectivity index (χ3n) is 5.40. The molecular formula is C20H19ClFNO. The lowest BCUT2D eigenvalue weighted by molar-refractivity contribution is 0.0571. The van der Waals surface area contributed by atoms with Crippen molar-refractivity contribution >= 4 is 17.5 Å². The Morgan fingerprint density at radius 2 is 1.54 bits per heavy atom. The maximum Gasteiger partial charge on any atom is 0.254 e. The quantitative estimate of drug-likeness (QED) is 0.749. The van der Waals surface area contributed by atoms with Gasteiger partial charge in [0.15, 0.2) is 0 Å². The van der Waals surface area contributed by atoms with Crippen LogP contribution in [0, 0.1) is 5.82 Å². The zero-order valence-corrected chi connectivity index (χ0v) is 14.0. The summed E-state index contributed by atoms with van der Waals surface area (Å²) in [6.07, 6.45) is 4.03. The second-order valence-electron chi connectivity index (χ2n) is 6.82. The van der Waals surface area contributed by atoms with E-state index in [-0.39, 0.29) is 23.8 Å². The largest absolute Gasteiger partial charge is 0.333 e. The molecule has 4 rings (SSSR count). The van der Waals surface area contributed by atoms with Gasteiger partial charge in [-0.15, -0.1) is 0 Å². The Morgan fingerprint density at radius 1 is 0.958 bits per heavy atom. The molecule has 0 saturated carbocycles. The summed E-state index contributed by atoms with van der Waals surface area (Å²) >= 11 is 5.92. The van der Waals surface area contributed by atoms with Crippen molar-refractivity contribution in [2.45, 2.75) is 43.7 Å². The Bertz CT molecular complexity index is 729. The van der Waals surface area contributed by atoms with Crippen molar-refractivity contribution in [3.8, 4) is 0 Å². The summed E-state index contributed by atoms with van der Waals surface area (Å²) in [4.78, 5) is 15.0. The van der Waals surface area contributed by atoms with E-state index in [0.29, 0.717) is 16.5 Å². The molecule has 2 aliphatic rings. The molecule has 2 heterocycles. The van der Waals surface area contributed by atoms with Gasteiger partial charge in [0.2, 0.25) is 0 Å². The average Bonchev–Trinajstić information content (AvgIpc) is 2.85. The average molecular weight is 344 g/mol. The number of fused-ring (bicyclic) bond motifs is 2. The number of hydrogen-bond donors (Lipinski definition) is 0. The first-order valence-electron chi connectivity index (χ1n) is 8.45. The highest BCUT2D eigenvalue weighted by Crippen LogP contribution is 2.43. The Kier molecular flexibility index (Phi) is 4.05. The number of amides is 1. The molecule has 0 spiro atoms. The molecule has 0 radical (unpaired) electrons. The van der Waals surface area contributed by atoms with Gasteiger partial charge in [-0.2, -0.15) is 0 Å². The maximum absolute atomic E-state index is 13.1. The zero-order chi connectivity index (χ0) is 16.7. The second-order valence-corrected chi connectivity index (χ2v) is 7.26. The second kappa shape index (κ2) is 6.21. The fourth-order valence-corrected chi connectivity index (χ4v) is 4.38. The van der Waals surface area contributed by atoms with Gasteiger partial charge in [0, 0.05) is 22.7 Å². The molecule has 2 aromatic carbocycles. The summed E-state index contributed by atoms with van der Waals surface area (Å²) in [5.41, 5.74) is 1.89. The molecule has 124 valence electrons. The maximum atomic E-state index is 13.1. The number of hydrogen-bond acceptors (Lipinski definition) is 1. The summed E-state index contributed by atoms with van der Waals surface area (Å²) in [5.74, 6) is 0.325. The standard InChI is InChI=1S/C20H19ClFNO/c21-16-5-1-14(2-6-16)20(24)23-18-9-10-19(23)12-15(11-18)13-3-7-17(22)8-4-13/h1-8,15,18-19H,9-12H2/t15?,18-,19+. The van der Waals surface area contributed by atoms with Crippen LogP contribution in [0.1, 0.15) is 47.5 Å². The van der Waals surface area contributed by atoms with Gasteiger partial charge in [0.25, 0.3) is 5.91 Å². The third kappa shape index (κ3) is 2.82. The van der Waals surface area contributed by atoms with Crippen LogP contribution >= 0.6 is 11.6 Å². The smallest absolute Gasteiger partial charge is 0.254 e. The van der Waals surface area contributed by atoms with Gasteiger partial charge < -0.3 is 4.90 Å². The van der Waals surface area contributed by atoms with Crippen LogP contribution in [0.25, 0.3) is 0 Å². The van der Waals surface area contributed by atoms with Crippen LogP contribution in [0.3, 0.4) is 0 Å². The van der Waals surface area contributed by atoms with Crippen molar-refractivity contribution < 1.29 is 9.18 Å². The van der Waals surface area contributed by atoms with Crippen molar-refractivity contribution in [1.29, 1.82) is 0 Å². The molecule has 4 heteroatoms. The van der Waals surface area contributed by atoms with E-state index in [1.807, 2.05) is 12.1 Å². The Morgan fingerprint density at radius 3 is 2.12 bits per heavy atom. The number of rotatable bonds is 2. The van der Waals surface area contributed by atoms with Crippen LogP contribution in [0.5, 0.6) is 0 Å². The minimum Gasteiger partial charge on any atom is -0.333 e. The van der Waals surface area contributed by atoms with E-state index in [2.05, 4.69) is 4.90 Å². The van der Waals surface area contributed by atoms with E-state index in [4.69, 9.17) is 11.6 Å². The molecule has 0 N–H and O–H groups in total. The fraction of sp³-hybridized carbons (Fsp3) is 0.350. The van der Waals surface area contributed by atoms with Gasteiger partial charge in [-0.25, -0.2) is 4.39 Å². The minimum absolute atomic E-state index is 0.108. The van der Waals surface area contributed by atoms with Crippen LogP contribution in [0.2, 0.25) is 5.02 Å². The predicted octanol–water partition coefficient (Wildman–Crippen LogP) is 5.03. The van der Waals surface area contributed by atoms with E-state index in [9.17, 15) is 9.18 Å². The zero-order valence-electron chi connectivity index (χ0n) is 13.3.